The van der Waals surface area contributed by atoms with Crippen LogP contribution in [-0.4, -0.2) is 19.1 Å². The number of benzene rings is 2. The lowest BCUT2D eigenvalue weighted by Gasteiger charge is -2.16. The molecule has 2 heterocycles. The van der Waals surface area contributed by atoms with Crippen LogP contribution in [0, 0.1) is 13.8 Å². The first-order valence-electron chi connectivity index (χ1n) is 9.67. The van der Waals surface area contributed by atoms with Crippen molar-refractivity contribution in [1.82, 2.24) is 5.32 Å². The van der Waals surface area contributed by atoms with E-state index in [9.17, 15) is 4.79 Å². The molecule has 5 heteroatoms. The largest absolute Gasteiger partial charge is 0.490 e. The number of ether oxygens (including phenoxy) is 2. The van der Waals surface area contributed by atoms with E-state index in [1.165, 1.54) is 11.1 Å². The second kappa shape index (κ2) is 7.58. The molecule has 1 aliphatic heterocycles. The summed E-state index contributed by atoms with van der Waals surface area (Å²) in [5.74, 6) is 1.46. The molecule has 4 rings (SSSR count). The van der Waals surface area contributed by atoms with Gasteiger partial charge >= 0.3 is 0 Å². The predicted octanol–water partition coefficient (Wildman–Crippen LogP) is 4.63. The number of carbonyl (C=O) groups is 1. The van der Waals surface area contributed by atoms with E-state index in [-0.39, 0.29) is 18.4 Å². The Morgan fingerprint density at radius 1 is 1.07 bits per heavy atom. The third-order valence-corrected chi connectivity index (χ3v) is 5.27. The molecule has 0 saturated carbocycles. The minimum absolute atomic E-state index is 0.0412. The normalized spacial score (nSPS) is 14.5. The second-order valence-corrected chi connectivity index (χ2v) is 7.42. The molecule has 28 heavy (non-hydrogen) atoms. The van der Waals surface area contributed by atoms with E-state index in [0.717, 1.165) is 40.0 Å². The van der Waals surface area contributed by atoms with Gasteiger partial charge in [0, 0.05) is 17.4 Å². The minimum atomic E-state index is -0.133. The smallest absolute Gasteiger partial charge is 0.225 e. The lowest BCUT2D eigenvalue weighted by Crippen LogP contribution is -2.28. The zero-order chi connectivity index (χ0) is 19.7. The Kier molecular flexibility index (Phi) is 4.99. The fourth-order valence-electron chi connectivity index (χ4n) is 3.47. The van der Waals surface area contributed by atoms with Crippen LogP contribution in [0.2, 0.25) is 0 Å². The molecule has 1 aromatic heterocycles. The summed E-state index contributed by atoms with van der Waals surface area (Å²) in [6.45, 7) is 7.40. The third kappa shape index (κ3) is 3.70. The highest BCUT2D eigenvalue weighted by Gasteiger charge is 2.17. The summed E-state index contributed by atoms with van der Waals surface area (Å²) in [4.78, 5) is 12.6. The summed E-state index contributed by atoms with van der Waals surface area (Å²) in [5, 5.41) is 4.07. The van der Waals surface area contributed by atoms with E-state index in [4.69, 9.17) is 13.9 Å². The van der Waals surface area contributed by atoms with Crippen molar-refractivity contribution in [2.45, 2.75) is 39.7 Å². The van der Waals surface area contributed by atoms with Crippen LogP contribution < -0.4 is 14.8 Å². The fraction of sp³-hybridized carbons (Fsp3) is 0.348. The molecule has 1 unspecified atom stereocenters. The van der Waals surface area contributed by atoms with E-state index in [1.54, 1.807) is 6.26 Å². The fourth-order valence-corrected chi connectivity index (χ4v) is 3.47. The number of nitrogens with one attached hydrogen (secondary N) is 1. The molecule has 3 aromatic rings. The van der Waals surface area contributed by atoms with Gasteiger partial charge in [-0.3, -0.25) is 4.79 Å². The summed E-state index contributed by atoms with van der Waals surface area (Å²) < 4.78 is 17.1. The van der Waals surface area contributed by atoms with E-state index in [1.807, 2.05) is 31.2 Å². The van der Waals surface area contributed by atoms with Crippen LogP contribution in [0.4, 0.5) is 0 Å². The lowest BCUT2D eigenvalue weighted by molar-refractivity contribution is -0.121. The molecule has 0 radical (unpaired) electrons. The van der Waals surface area contributed by atoms with Crippen LogP contribution in [0.1, 0.15) is 41.6 Å². The summed E-state index contributed by atoms with van der Waals surface area (Å²) in [5.41, 5.74) is 5.08. The highest BCUT2D eigenvalue weighted by atomic mass is 16.5. The SMILES string of the molecule is Cc1cc2occ(CC(=O)NC(C)c3ccc4c(c3)OCCCO4)c2cc1C. The average molecular weight is 379 g/mol. The standard InChI is InChI=1S/C23H25NO4/c1-14-9-19-18(13-28-21(19)10-15(14)2)12-23(25)24-16(3)17-5-6-20-22(11-17)27-8-4-7-26-20/h5-6,9-11,13,16H,4,7-8,12H2,1-3H3,(H,24,25). The van der Waals surface area contributed by atoms with Crippen molar-refractivity contribution in [1.29, 1.82) is 0 Å². The maximum Gasteiger partial charge on any atom is 0.225 e. The van der Waals surface area contributed by atoms with Crippen molar-refractivity contribution in [2.75, 3.05) is 13.2 Å². The van der Waals surface area contributed by atoms with Gasteiger partial charge < -0.3 is 19.2 Å². The lowest BCUT2D eigenvalue weighted by atomic mass is 10.0. The van der Waals surface area contributed by atoms with Crippen LogP contribution in [0.15, 0.2) is 41.0 Å². The Balaban J connectivity index is 1.47. The molecule has 0 aliphatic carbocycles. The Labute approximate surface area is 164 Å². The molecular weight excluding hydrogens is 354 g/mol. The number of hydrogen-bond donors (Lipinski definition) is 1. The van der Waals surface area contributed by atoms with Crippen molar-refractivity contribution < 1.29 is 18.7 Å². The molecule has 0 fully saturated rings. The minimum Gasteiger partial charge on any atom is -0.490 e. The average Bonchev–Trinajstić information content (AvgIpc) is 2.90. The highest BCUT2D eigenvalue weighted by Crippen LogP contribution is 2.32. The molecule has 1 N–H and O–H groups in total. The van der Waals surface area contributed by atoms with Gasteiger partial charge in [0.2, 0.25) is 5.91 Å². The molecule has 2 aromatic carbocycles. The van der Waals surface area contributed by atoms with E-state index < -0.39 is 0 Å². The van der Waals surface area contributed by atoms with Crippen molar-refractivity contribution in [3.8, 4) is 11.5 Å². The Morgan fingerprint density at radius 2 is 1.82 bits per heavy atom. The van der Waals surface area contributed by atoms with Gasteiger partial charge in [0.05, 0.1) is 31.9 Å². The molecule has 5 nitrogen and oxygen atoms in total. The Bertz CT molecular complexity index is 1020. The van der Waals surface area contributed by atoms with Crippen LogP contribution in [-0.2, 0) is 11.2 Å². The van der Waals surface area contributed by atoms with Crippen LogP contribution in [0.3, 0.4) is 0 Å². The number of amides is 1. The highest BCUT2D eigenvalue weighted by molar-refractivity contribution is 5.88. The number of carbonyl (C=O) groups excluding carboxylic acids is 1. The number of aryl methyl sites for hydroxylation is 2. The first kappa shape index (κ1) is 18.4. The van der Waals surface area contributed by atoms with Gasteiger partial charge in [-0.2, -0.15) is 0 Å². The van der Waals surface area contributed by atoms with Crippen molar-refractivity contribution in [2.24, 2.45) is 0 Å². The summed E-state index contributed by atoms with van der Waals surface area (Å²) >= 11 is 0. The third-order valence-electron chi connectivity index (χ3n) is 5.27. The van der Waals surface area contributed by atoms with Gasteiger partial charge in [-0.1, -0.05) is 6.07 Å². The Hall–Kier alpha value is -2.95. The number of furan rings is 1. The van der Waals surface area contributed by atoms with Crippen LogP contribution in [0.5, 0.6) is 11.5 Å². The zero-order valence-electron chi connectivity index (χ0n) is 16.5. The van der Waals surface area contributed by atoms with E-state index >= 15 is 0 Å². The topological polar surface area (TPSA) is 60.7 Å². The molecular formula is C23H25NO4. The molecule has 1 atom stereocenters. The molecule has 1 aliphatic rings. The van der Waals surface area contributed by atoms with Crippen molar-refractivity contribution >= 4 is 16.9 Å². The van der Waals surface area contributed by atoms with Crippen molar-refractivity contribution in [3.05, 3.63) is 58.8 Å². The summed E-state index contributed by atoms with van der Waals surface area (Å²) in [7, 11) is 0. The molecule has 146 valence electrons. The predicted molar refractivity (Wildman–Crippen MR) is 108 cm³/mol. The van der Waals surface area contributed by atoms with Gasteiger partial charge in [-0.15, -0.1) is 0 Å². The second-order valence-electron chi connectivity index (χ2n) is 7.42. The summed E-state index contributed by atoms with van der Waals surface area (Å²) in [6, 6.07) is 9.80. The summed E-state index contributed by atoms with van der Waals surface area (Å²) in [6.07, 6.45) is 2.83. The number of hydrogen-bond acceptors (Lipinski definition) is 4. The maximum absolute atomic E-state index is 12.6. The Morgan fingerprint density at radius 3 is 2.64 bits per heavy atom. The van der Waals surface area contributed by atoms with Gasteiger partial charge in [0.1, 0.15) is 5.58 Å². The molecule has 1 amide bonds. The zero-order valence-corrected chi connectivity index (χ0v) is 16.5. The van der Waals surface area contributed by atoms with Gasteiger partial charge in [-0.05, 0) is 61.7 Å². The van der Waals surface area contributed by atoms with Gasteiger partial charge in [0.15, 0.2) is 11.5 Å². The number of rotatable bonds is 4. The first-order chi connectivity index (χ1) is 13.5. The first-order valence-corrected chi connectivity index (χ1v) is 9.67. The monoisotopic (exact) mass is 379 g/mol. The maximum atomic E-state index is 12.6. The van der Waals surface area contributed by atoms with Gasteiger partial charge in [0.25, 0.3) is 0 Å². The van der Waals surface area contributed by atoms with Crippen molar-refractivity contribution in [3.63, 3.8) is 0 Å². The molecule has 0 saturated heterocycles. The van der Waals surface area contributed by atoms with Gasteiger partial charge in [-0.25, -0.2) is 0 Å². The van der Waals surface area contributed by atoms with E-state index in [2.05, 4.69) is 25.2 Å². The van der Waals surface area contributed by atoms with Crippen LogP contribution in [0.25, 0.3) is 11.0 Å². The van der Waals surface area contributed by atoms with E-state index in [0.29, 0.717) is 13.2 Å². The number of fused-ring (bicyclic) bond motifs is 2. The quantitative estimate of drug-likeness (QED) is 0.718. The van der Waals surface area contributed by atoms with Crippen LogP contribution >= 0.6 is 0 Å². The molecule has 0 bridgehead atoms. The molecule has 0 spiro atoms.